The summed E-state index contributed by atoms with van der Waals surface area (Å²) in [4.78, 5) is 42.0. The minimum atomic E-state index is -0.455. The molecule has 1 N–H and O–H groups in total. The van der Waals surface area contributed by atoms with Crippen LogP contribution < -0.4 is 15.0 Å². The van der Waals surface area contributed by atoms with Gasteiger partial charge in [-0.1, -0.05) is 12.1 Å². The maximum atomic E-state index is 13.0. The number of rotatable bonds is 8. The molecule has 3 amide bonds. The predicted molar refractivity (Wildman–Crippen MR) is 132 cm³/mol. The molecule has 0 atom stereocenters. The summed E-state index contributed by atoms with van der Waals surface area (Å²) in [6.07, 6.45) is 0.924. The van der Waals surface area contributed by atoms with Crippen molar-refractivity contribution in [1.29, 1.82) is 0 Å². The molecule has 7 heteroatoms. The van der Waals surface area contributed by atoms with Crippen molar-refractivity contribution in [2.75, 3.05) is 37.5 Å². The average molecular weight is 458 g/mol. The normalized spacial score (nSPS) is 12.8. The summed E-state index contributed by atoms with van der Waals surface area (Å²) in [5, 5.41) is 2.86. The number of carbonyl (C=O) groups excluding carboxylic acids is 3. The van der Waals surface area contributed by atoms with Gasteiger partial charge in [-0.05, 0) is 87.6 Å². The zero-order chi connectivity index (χ0) is 24.2. The highest BCUT2D eigenvalue weighted by Gasteiger charge is 2.37. The highest BCUT2D eigenvalue weighted by Crippen LogP contribution is 2.30. The molecular formula is C27H27N3O4. The fraction of sp³-hybridized carbons (Fsp3) is 0.222. The number of hydrogen-bond donors (Lipinski definition) is 1. The molecule has 0 aliphatic carbocycles. The van der Waals surface area contributed by atoms with Crippen molar-refractivity contribution in [2.24, 2.45) is 0 Å². The first-order valence-corrected chi connectivity index (χ1v) is 11.2. The fourth-order valence-corrected chi connectivity index (χ4v) is 3.79. The first-order valence-electron chi connectivity index (χ1n) is 11.2. The molecule has 7 nitrogen and oxygen atoms in total. The lowest BCUT2D eigenvalue weighted by molar-refractivity contribution is 0.0925. The average Bonchev–Trinajstić information content (AvgIpc) is 3.08. The molecule has 0 saturated heterocycles. The predicted octanol–water partition coefficient (Wildman–Crippen LogP) is 4.24. The van der Waals surface area contributed by atoms with Crippen LogP contribution in [-0.2, 0) is 6.42 Å². The summed E-state index contributed by atoms with van der Waals surface area (Å²) >= 11 is 0. The van der Waals surface area contributed by atoms with E-state index >= 15 is 0 Å². The molecule has 0 aromatic heterocycles. The number of imide groups is 1. The van der Waals surface area contributed by atoms with E-state index in [1.54, 1.807) is 30.3 Å². The van der Waals surface area contributed by atoms with Gasteiger partial charge in [0.2, 0.25) is 0 Å². The number of carbonyl (C=O) groups is 3. The van der Waals surface area contributed by atoms with Crippen LogP contribution in [0.1, 0.15) is 43.6 Å². The summed E-state index contributed by atoms with van der Waals surface area (Å²) < 4.78 is 5.42. The summed E-state index contributed by atoms with van der Waals surface area (Å²) in [6, 6.07) is 19.0. The number of benzene rings is 3. The zero-order valence-corrected chi connectivity index (χ0v) is 19.5. The minimum Gasteiger partial charge on any atom is -0.494 e. The van der Waals surface area contributed by atoms with E-state index in [2.05, 4.69) is 10.2 Å². The van der Waals surface area contributed by atoms with Crippen LogP contribution in [-0.4, -0.2) is 49.9 Å². The number of ether oxygens (including phenoxy) is 1. The van der Waals surface area contributed by atoms with Crippen LogP contribution in [0, 0.1) is 0 Å². The number of amides is 3. The van der Waals surface area contributed by atoms with E-state index in [1.165, 1.54) is 17.7 Å². The largest absolute Gasteiger partial charge is 0.494 e. The second-order valence-electron chi connectivity index (χ2n) is 8.34. The highest BCUT2D eigenvalue weighted by molar-refractivity contribution is 6.34. The fourth-order valence-electron chi connectivity index (χ4n) is 3.79. The molecule has 0 bridgehead atoms. The lowest BCUT2D eigenvalue weighted by Gasteiger charge is -2.14. The minimum absolute atomic E-state index is 0.213. The Bertz CT molecular complexity index is 1220. The van der Waals surface area contributed by atoms with Gasteiger partial charge in [-0.2, -0.15) is 0 Å². The summed E-state index contributed by atoms with van der Waals surface area (Å²) in [5.41, 5.74) is 3.10. The molecule has 34 heavy (non-hydrogen) atoms. The molecule has 4 rings (SSSR count). The van der Waals surface area contributed by atoms with Gasteiger partial charge < -0.3 is 15.0 Å². The van der Waals surface area contributed by atoms with Gasteiger partial charge in [0.1, 0.15) is 5.75 Å². The lowest BCUT2D eigenvalue weighted by Crippen LogP contribution is -2.29. The van der Waals surface area contributed by atoms with Gasteiger partial charge in [-0.3, -0.25) is 14.4 Å². The molecule has 3 aromatic rings. The topological polar surface area (TPSA) is 79.0 Å². The van der Waals surface area contributed by atoms with Crippen molar-refractivity contribution in [3.8, 4) is 5.75 Å². The Hall–Kier alpha value is -3.97. The highest BCUT2D eigenvalue weighted by atomic mass is 16.5. The third kappa shape index (κ3) is 4.84. The lowest BCUT2D eigenvalue weighted by atomic mass is 10.1. The second kappa shape index (κ2) is 9.89. The number of anilines is 2. The molecule has 3 aromatic carbocycles. The number of fused-ring (bicyclic) bond motifs is 1. The summed E-state index contributed by atoms with van der Waals surface area (Å²) in [6.45, 7) is 3.35. The van der Waals surface area contributed by atoms with Gasteiger partial charge in [0, 0.05) is 17.8 Å². The molecule has 1 aliphatic heterocycles. The van der Waals surface area contributed by atoms with Crippen molar-refractivity contribution in [1.82, 2.24) is 4.90 Å². The Morgan fingerprint density at radius 2 is 1.59 bits per heavy atom. The molecule has 1 heterocycles. The first-order chi connectivity index (χ1) is 16.4. The van der Waals surface area contributed by atoms with Crippen LogP contribution in [0.15, 0.2) is 66.7 Å². The van der Waals surface area contributed by atoms with Crippen LogP contribution in [0.25, 0.3) is 0 Å². The van der Waals surface area contributed by atoms with E-state index < -0.39 is 11.8 Å². The van der Waals surface area contributed by atoms with E-state index in [-0.39, 0.29) is 17.0 Å². The Balaban J connectivity index is 1.48. The van der Waals surface area contributed by atoms with Gasteiger partial charge in [0.05, 0.1) is 23.4 Å². The number of nitrogens with one attached hydrogen (secondary N) is 1. The molecular weight excluding hydrogens is 430 g/mol. The molecule has 0 spiro atoms. The summed E-state index contributed by atoms with van der Waals surface area (Å²) in [7, 11) is 4.06. The SMILES string of the molecule is CCOc1ccc(N2C(=O)c3ccc(C(=O)Nc4ccc(CCN(C)C)cc4)cc3C2=O)cc1. The third-order valence-electron chi connectivity index (χ3n) is 5.61. The first kappa shape index (κ1) is 23.2. The van der Waals surface area contributed by atoms with Crippen molar-refractivity contribution in [3.63, 3.8) is 0 Å². The molecule has 0 saturated carbocycles. The Labute approximate surface area is 198 Å². The van der Waals surface area contributed by atoms with Crippen molar-refractivity contribution in [3.05, 3.63) is 89.0 Å². The van der Waals surface area contributed by atoms with E-state index in [4.69, 9.17) is 4.74 Å². The molecule has 0 radical (unpaired) electrons. The van der Waals surface area contributed by atoms with Crippen molar-refractivity contribution < 1.29 is 19.1 Å². The molecule has 0 fully saturated rings. The number of likely N-dealkylation sites (N-methyl/N-ethyl adjacent to an activating group) is 1. The zero-order valence-electron chi connectivity index (χ0n) is 19.5. The van der Waals surface area contributed by atoms with Crippen LogP contribution >= 0.6 is 0 Å². The molecule has 0 unspecified atom stereocenters. The maximum absolute atomic E-state index is 13.0. The van der Waals surface area contributed by atoms with Gasteiger partial charge >= 0.3 is 0 Å². The van der Waals surface area contributed by atoms with E-state index in [0.717, 1.165) is 17.9 Å². The maximum Gasteiger partial charge on any atom is 0.266 e. The number of hydrogen-bond acceptors (Lipinski definition) is 5. The summed E-state index contributed by atoms with van der Waals surface area (Å²) in [5.74, 6) is -0.551. The Kier molecular flexibility index (Phi) is 6.75. The quantitative estimate of drug-likeness (QED) is 0.512. The van der Waals surface area contributed by atoms with Crippen molar-refractivity contribution >= 4 is 29.1 Å². The van der Waals surface area contributed by atoms with Crippen molar-refractivity contribution in [2.45, 2.75) is 13.3 Å². The van der Waals surface area contributed by atoms with Gasteiger partial charge in [0.25, 0.3) is 17.7 Å². The van der Waals surface area contributed by atoms with E-state index in [1.807, 2.05) is 45.3 Å². The van der Waals surface area contributed by atoms with E-state index in [9.17, 15) is 14.4 Å². The third-order valence-corrected chi connectivity index (χ3v) is 5.61. The van der Waals surface area contributed by atoms with Crippen LogP contribution in [0.4, 0.5) is 11.4 Å². The van der Waals surface area contributed by atoms with Crippen LogP contribution in [0.2, 0.25) is 0 Å². The van der Waals surface area contributed by atoms with Gasteiger partial charge in [-0.25, -0.2) is 4.90 Å². The van der Waals surface area contributed by atoms with Gasteiger partial charge in [-0.15, -0.1) is 0 Å². The number of nitrogens with zero attached hydrogens (tertiary/aromatic N) is 2. The van der Waals surface area contributed by atoms with E-state index in [0.29, 0.717) is 29.3 Å². The molecule has 1 aliphatic rings. The van der Waals surface area contributed by atoms with Crippen LogP contribution in [0.3, 0.4) is 0 Å². The Morgan fingerprint density at radius 3 is 2.24 bits per heavy atom. The second-order valence-corrected chi connectivity index (χ2v) is 8.34. The van der Waals surface area contributed by atoms with Gasteiger partial charge in [0.15, 0.2) is 0 Å². The monoisotopic (exact) mass is 457 g/mol. The van der Waals surface area contributed by atoms with Crippen LogP contribution in [0.5, 0.6) is 5.75 Å². The standard InChI is InChI=1S/C27H27N3O4/c1-4-34-22-12-10-21(11-13-22)30-26(32)23-14-7-19(17-24(23)27(30)33)25(31)28-20-8-5-18(6-9-20)15-16-29(2)3/h5-14,17H,4,15-16H2,1-3H3,(H,28,31). The Morgan fingerprint density at radius 1 is 0.912 bits per heavy atom. The molecule has 174 valence electrons. The smallest absolute Gasteiger partial charge is 0.266 e.